The van der Waals surface area contributed by atoms with Crippen molar-refractivity contribution in [3.8, 4) is 5.75 Å². The van der Waals surface area contributed by atoms with E-state index in [4.69, 9.17) is 22.1 Å². The van der Waals surface area contributed by atoms with Gasteiger partial charge in [0.15, 0.2) is 21.3 Å². The number of nitrogen functional groups attached to an aromatic ring is 1. The van der Waals surface area contributed by atoms with E-state index in [9.17, 15) is 44.4 Å². The fourth-order valence-corrected chi connectivity index (χ4v) is 7.77. The number of quaternary nitrogens is 1. The SMILES string of the molecule is CC[N+](CCS(=O)(=O)O)(c1nc(Cl)nc(Nc2cc(N)c(SOO[O-])cc2N=Nc2ccc(S(=O)(=O)CCOS(=O)(=O)[O-])cc2)n1)c1cc(NC(C)=O)ccc1OC.[Cl-].[Na+].[Na+]. The molecule has 1 unspecified atom stereocenters. The minimum absolute atomic E-state index is 0. The number of aromatic nitrogens is 3. The van der Waals surface area contributed by atoms with E-state index in [1.807, 2.05) is 0 Å². The van der Waals surface area contributed by atoms with Gasteiger partial charge in [-0.2, -0.15) is 22.8 Å². The van der Waals surface area contributed by atoms with Gasteiger partial charge >= 0.3 is 65.1 Å². The predicted molar refractivity (Wildman–Crippen MR) is 206 cm³/mol. The summed E-state index contributed by atoms with van der Waals surface area (Å²) in [5.74, 6) is -2.10. The number of benzene rings is 3. The van der Waals surface area contributed by atoms with Gasteiger partial charge < -0.3 is 43.3 Å². The summed E-state index contributed by atoms with van der Waals surface area (Å²) in [5, 5.41) is 27.5. The van der Waals surface area contributed by atoms with Crippen LogP contribution in [0.5, 0.6) is 5.75 Å². The summed E-state index contributed by atoms with van der Waals surface area (Å²) in [6.07, 6.45) is 0. The molecule has 3 aromatic carbocycles. The van der Waals surface area contributed by atoms with E-state index in [0.29, 0.717) is 17.7 Å². The van der Waals surface area contributed by atoms with E-state index in [1.165, 1.54) is 50.4 Å². The summed E-state index contributed by atoms with van der Waals surface area (Å²) in [7, 11) is -12.3. The molecule has 0 saturated carbocycles. The Morgan fingerprint density at radius 3 is 2.25 bits per heavy atom. The Labute approximate surface area is 409 Å². The number of halogens is 2. The Morgan fingerprint density at radius 2 is 1.67 bits per heavy atom. The number of carbonyl (C=O) groups excluding carboxylic acids is 1. The maximum absolute atomic E-state index is 12.6. The van der Waals surface area contributed by atoms with Gasteiger partial charge in [0.1, 0.15) is 18.0 Å². The van der Waals surface area contributed by atoms with Crippen molar-refractivity contribution in [3.63, 3.8) is 0 Å². The van der Waals surface area contributed by atoms with Crippen molar-refractivity contribution in [2.24, 2.45) is 10.2 Å². The molecule has 1 amide bonds. The number of carbonyl (C=O) groups is 1. The quantitative estimate of drug-likeness (QED) is 0.00738. The molecule has 0 aliphatic heterocycles. The Balaban J connectivity index is 0.00000620. The number of methoxy groups -OCH3 is 1. The second-order valence-corrected chi connectivity index (χ2v) is 17.4. The third-order valence-corrected chi connectivity index (χ3v) is 11.5. The molecule has 1 heterocycles. The van der Waals surface area contributed by atoms with E-state index in [1.54, 1.807) is 13.0 Å². The third-order valence-electron chi connectivity index (χ3n) is 7.79. The summed E-state index contributed by atoms with van der Waals surface area (Å²) < 4.78 is 105. The number of hydrogen-bond acceptors (Lipinski definition) is 21. The molecule has 0 spiro atoms. The number of anilines is 4. The van der Waals surface area contributed by atoms with Crippen LogP contribution >= 0.6 is 23.6 Å². The summed E-state index contributed by atoms with van der Waals surface area (Å²) in [4.78, 5) is 24.8. The molecule has 0 saturated heterocycles. The first-order valence-electron chi connectivity index (χ1n) is 16.1. The van der Waals surface area contributed by atoms with Gasteiger partial charge in [-0.3, -0.25) is 18.6 Å². The van der Waals surface area contributed by atoms with Gasteiger partial charge in [-0.1, -0.05) is 0 Å². The van der Waals surface area contributed by atoms with E-state index in [0.717, 1.165) is 12.1 Å². The van der Waals surface area contributed by atoms with Crippen LogP contribution in [0.1, 0.15) is 13.8 Å². The first-order chi connectivity index (χ1) is 27.2. The van der Waals surface area contributed by atoms with Crippen molar-refractivity contribution in [1.29, 1.82) is 0 Å². The smallest absolute Gasteiger partial charge is 1.00 e. The van der Waals surface area contributed by atoms with Gasteiger partial charge in [0.25, 0.3) is 10.1 Å². The topological polar surface area (TPSA) is 336 Å². The number of rotatable bonds is 20. The zero-order valence-electron chi connectivity index (χ0n) is 32.6. The Morgan fingerprint density at radius 1 is 1.00 bits per heavy atom. The number of sulfone groups is 1. The molecule has 5 N–H and O–H groups in total. The molecule has 61 heavy (non-hydrogen) atoms. The molecule has 1 atom stereocenters. The molecule has 4 aromatic rings. The number of amides is 1. The molecule has 0 aliphatic rings. The second-order valence-electron chi connectivity index (χ2n) is 11.6. The Kier molecular flexibility index (Phi) is 22.9. The monoisotopic (exact) mass is 987 g/mol. The van der Waals surface area contributed by atoms with Crippen molar-refractivity contribution < 1.29 is 134 Å². The summed E-state index contributed by atoms with van der Waals surface area (Å²) >= 11 is 6.87. The molecular weight excluding hydrogens is 956 g/mol. The van der Waals surface area contributed by atoms with Crippen molar-refractivity contribution in [2.45, 2.75) is 23.6 Å². The maximum Gasteiger partial charge on any atom is 1.00 e. The number of nitrogens with zero attached hydrogens (tertiary/aromatic N) is 6. The summed E-state index contributed by atoms with van der Waals surface area (Å²) in [5.41, 5.74) is 7.02. The molecule has 4 rings (SSSR count). The van der Waals surface area contributed by atoms with Crippen molar-refractivity contribution in [3.05, 3.63) is 59.9 Å². The normalized spacial score (nSPS) is 12.6. The number of hydrogen-bond donors (Lipinski definition) is 4. The second kappa shape index (κ2) is 24.6. The fourth-order valence-electron chi connectivity index (χ4n) is 5.17. The first kappa shape index (κ1) is 56.7. The van der Waals surface area contributed by atoms with Crippen LogP contribution in [0.15, 0.2) is 74.6 Å². The van der Waals surface area contributed by atoms with Crippen LogP contribution in [0.3, 0.4) is 0 Å². The first-order valence-corrected chi connectivity index (χ1v) is 21.8. The largest absolute Gasteiger partial charge is 1.00 e. The van der Waals surface area contributed by atoms with Crippen LogP contribution in [0, 0.1) is 0 Å². The minimum atomic E-state index is -5.09. The van der Waals surface area contributed by atoms with Gasteiger partial charge in [-0.15, -0.1) is 15.1 Å². The number of ether oxygens (including phenoxy) is 1. The van der Waals surface area contributed by atoms with Gasteiger partial charge in [0, 0.05) is 24.4 Å². The average Bonchev–Trinajstić information content (AvgIpc) is 3.13. The van der Waals surface area contributed by atoms with Crippen molar-refractivity contribution in [1.82, 2.24) is 19.4 Å². The summed E-state index contributed by atoms with van der Waals surface area (Å²) in [6, 6.07) is 12.2. The molecule has 1 aromatic heterocycles. The number of nitrogens with one attached hydrogen (secondary N) is 2. The fraction of sp³-hybridized carbons (Fsp3) is 0.267. The molecule has 0 radical (unpaired) electrons. The zero-order chi connectivity index (χ0) is 42.9. The molecule has 322 valence electrons. The van der Waals surface area contributed by atoms with Gasteiger partial charge in [0.05, 0.1) is 59.2 Å². The molecule has 0 fully saturated rings. The maximum atomic E-state index is 12.6. The zero-order valence-corrected chi connectivity index (χ0v) is 41.4. The standard InChI is InChI=1S/C30H34ClN9O14S4.ClH.2Na/c1-4-40(11-13-57(45,46)47,25-15-20(33-18(2)41)7-10-26(25)51-3)30-36-28(31)35-29(37-30)34-23-16-22(32)27(55-54-53-42)17-24(23)39-38-19-5-8-21(9-6-19)56(43,44)14-12-52-58(48,49)50;;;/h5-10,15-17H,4,11-14H2,1-3H3,(H6-,32,33,34,35,36,37,38,41,42,45,46,47,48,49,50);1H;;/q;;2*+1/p-2. The Bertz CT molecular complexity index is 2520. The van der Waals surface area contributed by atoms with E-state index >= 15 is 0 Å². The van der Waals surface area contributed by atoms with Crippen LogP contribution in [0.4, 0.5) is 46.0 Å². The molecular formula is C30H33Cl2N9Na2O14S4. The number of azo groups is 1. The van der Waals surface area contributed by atoms with Gasteiger partial charge in [-0.25, -0.2) is 21.3 Å². The van der Waals surface area contributed by atoms with E-state index in [2.05, 4.69) is 49.4 Å². The number of nitrogens with two attached hydrogens (primary N) is 1. The van der Waals surface area contributed by atoms with Crippen molar-refractivity contribution >= 4 is 106 Å². The van der Waals surface area contributed by atoms with Crippen LogP contribution < -0.4 is 102 Å². The third kappa shape index (κ3) is 16.6. The van der Waals surface area contributed by atoms with E-state index in [-0.39, 0.29) is 146 Å². The average molecular weight is 989 g/mol. The van der Waals surface area contributed by atoms with Gasteiger partial charge in [-0.05, 0) is 67.1 Å². The van der Waals surface area contributed by atoms with Crippen LogP contribution in [0.25, 0.3) is 0 Å². The van der Waals surface area contributed by atoms with Gasteiger partial charge in [0.2, 0.25) is 27.5 Å². The summed E-state index contributed by atoms with van der Waals surface area (Å²) in [6.45, 7) is 1.78. The van der Waals surface area contributed by atoms with Crippen LogP contribution in [0.2, 0.25) is 5.28 Å². The molecule has 0 aliphatic carbocycles. The van der Waals surface area contributed by atoms with Crippen LogP contribution in [-0.4, -0.2) is 93.5 Å². The predicted octanol–water partition coefficient (Wildman–Crippen LogP) is -5.73. The molecule has 0 bridgehead atoms. The molecule has 23 nitrogen and oxygen atoms in total. The Hall–Kier alpha value is -2.36. The van der Waals surface area contributed by atoms with Crippen LogP contribution in [-0.2, 0) is 48.7 Å². The minimum Gasteiger partial charge on any atom is -1.00 e. The molecule has 31 heteroatoms. The van der Waals surface area contributed by atoms with Crippen molar-refractivity contribution in [2.75, 3.05) is 54.7 Å². The van der Waals surface area contributed by atoms with E-state index < -0.39 is 58.9 Å².